The van der Waals surface area contributed by atoms with Crippen molar-refractivity contribution in [3.63, 3.8) is 0 Å². The summed E-state index contributed by atoms with van der Waals surface area (Å²) >= 11 is 0. The lowest BCUT2D eigenvalue weighted by Gasteiger charge is -2.11. The van der Waals surface area contributed by atoms with E-state index in [1.807, 2.05) is 31.2 Å². The molecule has 0 radical (unpaired) electrons. The molecule has 0 atom stereocenters. The number of rotatable bonds is 6. The van der Waals surface area contributed by atoms with Gasteiger partial charge in [0.05, 0.1) is 11.4 Å². The van der Waals surface area contributed by atoms with Gasteiger partial charge in [0, 0.05) is 12.1 Å². The van der Waals surface area contributed by atoms with Crippen LogP contribution in [0.4, 0.5) is 11.4 Å². The number of amides is 1. The number of carbonyl (C=O) groups excluding carboxylic acids is 1. The maximum absolute atomic E-state index is 11.1. The predicted molar refractivity (Wildman–Crippen MR) is 84.5 cm³/mol. The Morgan fingerprint density at radius 3 is 2.76 bits per heavy atom. The van der Waals surface area contributed by atoms with Crippen molar-refractivity contribution in [2.24, 2.45) is 5.73 Å². The highest BCUT2D eigenvalue weighted by molar-refractivity contribution is 5.94. The maximum Gasteiger partial charge on any atom is 0.248 e. The van der Waals surface area contributed by atoms with Crippen LogP contribution in [-0.2, 0) is 0 Å². The van der Waals surface area contributed by atoms with E-state index < -0.39 is 5.91 Å². The van der Waals surface area contributed by atoms with E-state index in [0.717, 1.165) is 11.3 Å². The Morgan fingerprint density at radius 2 is 2.05 bits per heavy atom. The van der Waals surface area contributed by atoms with Gasteiger partial charge in [-0.2, -0.15) is 0 Å². The molecule has 2 rings (SSSR count). The monoisotopic (exact) mass is 285 g/mol. The normalized spacial score (nSPS) is 10.1. The van der Waals surface area contributed by atoms with Gasteiger partial charge in [-0.25, -0.2) is 0 Å². The van der Waals surface area contributed by atoms with Gasteiger partial charge < -0.3 is 21.5 Å². The maximum atomic E-state index is 11.1. The second kappa shape index (κ2) is 6.65. The average Bonchev–Trinajstić information content (AvgIpc) is 2.45. The molecular weight excluding hydrogens is 266 g/mol. The number of benzene rings is 2. The lowest BCUT2D eigenvalue weighted by molar-refractivity contribution is 0.100. The molecule has 0 bridgehead atoms. The molecule has 2 aromatic rings. The third-order valence-corrected chi connectivity index (χ3v) is 3.01. The third-order valence-electron chi connectivity index (χ3n) is 3.01. The number of aryl methyl sites for hydroxylation is 1. The smallest absolute Gasteiger partial charge is 0.248 e. The minimum Gasteiger partial charge on any atom is -0.492 e. The Labute approximate surface area is 123 Å². The molecule has 5 heteroatoms. The molecule has 0 aliphatic rings. The molecule has 0 saturated heterocycles. The number of anilines is 2. The number of nitrogen functional groups attached to an aromatic ring is 1. The van der Waals surface area contributed by atoms with Gasteiger partial charge in [0.2, 0.25) is 5.91 Å². The van der Waals surface area contributed by atoms with Crippen LogP contribution < -0.4 is 21.5 Å². The van der Waals surface area contributed by atoms with E-state index in [0.29, 0.717) is 30.1 Å². The van der Waals surface area contributed by atoms with E-state index in [2.05, 4.69) is 5.32 Å². The highest BCUT2D eigenvalue weighted by Gasteiger charge is 2.04. The topological polar surface area (TPSA) is 90.4 Å². The Hall–Kier alpha value is -2.69. The fourth-order valence-electron chi connectivity index (χ4n) is 1.92. The molecule has 5 nitrogen and oxygen atoms in total. The zero-order chi connectivity index (χ0) is 15.2. The third kappa shape index (κ3) is 4.14. The van der Waals surface area contributed by atoms with Crippen LogP contribution in [0.1, 0.15) is 15.9 Å². The lowest BCUT2D eigenvalue weighted by atomic mass is 10.1. The number of ether oxygens (including phenoxy) is 1. The first-order valence-electron chi connectivity index (χ1n) is 6.69. The van der Waals surface area contributed by atoms with Crippen LogP contribution in [0.25, 0.3) is 0 Å². The molecule has 0 aliphatic heterocycles. The predicted octanol–water partition coefficient (Wildman–Crippen LogP) is 2.17. The van der Waals surface area contributed by atoms with Crippen LogP contribution in [0.2, 0.25) is 0 Å². The second-order valence-electron chi connectivity index (χ2n) is 4.76. The van der Waals surface area contributed by atoms with Gasteiger partial charge >= 0.3 is 0 Å². The van der Waals surface area contributed by atoms with Crippen molar-refractivity contribution in [1.82, 2.24) is 0 Å². The molecule has 0 fully saturated rings. The molecule has 0 aliphatic carbocycles. The van der Waals surface area contributed by atoms with Crippen molar-refractivity contribution in [2.45, 2.75) is 6.92 Å². The van der Waals surface area contributed by atoms with Crippen molar-refractivity contribution in [3.8, 4) is 5.75 Å². The molecular formula is C16H19N3O2. The van der Waals surface area contributed by atoms with Gasteiger partial charge in [-0.15, -0.1) is 0 Å². The van der Waals surface area contributed by atoms with Crippen LogP contribution in [0, 0.1) is 6.92 Å². The van der Waals surface area contributed by atoms with E-state index in [9.17, 15) is 4.79 Å². The first kappa shape index (κ1) is 14.7. The summed E-state index contributed by atoms with van der Waals surface area (Å²) in [4.78, 5) is 11.1. The van der Waals surface area contributed by atoms with Crippen molar-refractivity contribution >= 4 is 17.3 Å². The number of carbonyl (C=O) groups is 1. The zero-order valence-corrected chi connectivity index (χ0v) is 11.9. The first-order valence-corrected chi connectivity index (χ1v) is 6.69. The summed E-state index contributed by atoms with van der Waals surface area (Å²) in [6, 6.07) is 12.8. The molecule has 0 unspecified atom stereocenters. The molecule has 2 aromatic carbocycles. The van der Waals surface area contributed by atoms with Crippen LogP contribution in [0.15, 0.2) is 42.5 Å². The fourth-order valence-corrected chi connectivity index (χ4v) is 1.92. The first-order chi connectivity index (χ1) is 10.1. The summed E-state index contributed by atoms with van der Waals surface area (Å²) in [7, 11) is 0. The van der Waals surface area contributed by atoms with E-state index in [4.69, 9.17) is 16.2 Å². The van der Waals surface area contributed by atoms with Gasteiger partial charge in [-0.3, -0.25) is 4.79 Å². The largest absolute Gasteiger partial charge is 0.492 e. The van der Waals surface area contributed by atoms with Gasteiger partial charge in [0.1, 0.15) is 12.4 Å². The molecule has 0 spiro atoms. The summed E-state index contributed by atoms with van der Waals surface area (Å²) in [5.74, 6) is 0.352. The highest BCUT2D eigenvalue weighted by Crippen LogP contribution is 2.19. The van der Waals surface area contributed by atoms with E-state index in [1.165, 1.54) is 0 Å². The minimum atomic E-state index is -0.478. The zero-order valence-electron chi connectivity index (χ0n) is 11.9. The Bertz CT molecular complexity index is 641. The summed E-state index contributed by atoms with van der Waals surface area (Å²) < 4.78 is 5.63. The van der Waals surface area contributed by atoms with Crippen molar-refractivity contribution in [2.75, 3.05) is 24.2 Å². The Balaban J connectivity index is 1.88. The number of nitrogens with one attached hydrogen (secondary N) is 1. The number of nitrogens with two attached hydrogens (primary N) is 2. The summed E-state index contributed by atoms with van der Waals surface area (Å²) in [5.41, 5.74) is 13.9. The summed E-state index contributed by atoms with van der Waals surface area (Å²) in [6.07, 6.45) is 0. The number of hydrogen-bond donors (Lipinski definition) is 3. The van der Waals surface area contributed by atoms with Crippen LogP contribution in [0.5, 0.6) is 5.75 Å². The van der Waals surface area contributed by atoms with Crippen LogP contribution >= 0.6 is 0 Å². The fraction of sp³-hybridized carbons (Fsp3) is 0.188. The summed E-state index contributed by atoms with van der Waals surface area (Å²) in [5, 5.41) is 3.14. The van der Waals surface area contributed by atoms with Crippen molar-refractivity contribution in [3.05, 3.63) is 53.6 Å². The highest BCUT2D eigenvalue weighted by atomic mass is 16.5. The molecule has 0 aromatic heterocycles. The standard InChI is InChI=1S/C16H19N3O2/c1-11-3-2-4-13(9-11)21-8-7-19-15-10-12(16(18)20)5-6-14(15)17/h2-6,9-10,19H,7-8,17H2,1H3,(H2,18,20). The van der Waals surface area contributed by atoms with Crippen molar-refractivity contribution in [1.29, 1.82) is 0 Å². The van der Waals surface area contributed by atoms with Crippen molar-refractivity contribution < 1.29 is 9.53 Å². The van der Waals surface area contributed by atoms with E-state index >= 15 is 0 Å². The molecule has 0 saturated carbocycles. The Morgan fingerprint density at radius 1 is 1.24 bits per heavy atom. The lowest BCUT2D eigenvalue weighted by Crippen LogP contribution is -2.15. The van der Waals surface area contributed by atoms with Crippen LogP contribution in [0.3, 0.4) is 0 Å². The minimum absolute atomic E-state index is 0.423. The Kier molecular flexibility index (Phi) is 4.66. The molecule has 1 amide bonds. The molecule has 21 heavy (non-hydrogen) atoms. The van der Waals surface area contributed by atoms with Gasteiger partial charge in [-0.05, 0) is 42.8 Å². The molecule has 0 heterocycles. The van der Waals surface area contributed by atoms with E-state index in [1.54, 1.807) is 18.2 Å². The van der Waals surface area contributed by atoms with Crippen LogP contribution in [-0.4, -0.2) is 19.1 Å². The number of hydrogen-bond acceptors (Lipinski definition) is 4. The van der Waals surface area contributed by atoms with Gasteiger partial charge in [0.15, 0.2) is 0 Å². The number of primary amides is 1. The molecule has 110 valence electrons. The van der Waals surface area contributed by atoms with Gasteiger partial charge in [-0.1, -0.05) is 12.1 Å². The SMILES string of the molecule is Cc1cccc(OCCNc2cc(C(N)=O)ccc2N)c1. The average molecular weight is 285 g/mol. The van der Waals surface area contributed by atoms with Gasteiger partial charge in [0.25, 0.3) is 0 Å². The second-order valence-corrected chi connectivity index (χ2v) is 4.76. The van der Waals surface area contributed by atoms with E-state index in [-0.39, 0.29) is 0 Å². The molecule has 5 N–H and O–H groups in total. The quantitative estimate of drug-likeness (QED) is 0.560. The summed E-state index contributed by atoms with van der Waals surface area (Å²) in [6.45, 7) is 3.07.